The van der Waals surface area contributed by atoms with Gasteiger partial charge in [0.25, 0.3) is 0 Å². The first kappa shape index (κ1) is 16.5. The molecule has 21 heavy (non-hydrogen) atoms. The molecule has 1 atom stereocenters. The Labute approximate surface area is 133 Å². The highest BCUT2D eigenvalue weighted by atomic mass is 35.5. The number of methoxy groups -OCH3 is 1. The van der Waals surface area contributed by atoms with Crippen molar-refractivity contribution >= 4 is 33.0 Å². The van der Waals surface area contributed by atoms with E-state index < -0.39 is 10.0 Å². The van der Waals surface area contributed by atoms with Crippen LogP contribution < -0.4 is 4.72 Å². The van der Waals surface area contributed by atoms with Gasteiger partial charge in [-0.1, -0.05) is 35.9 Å². The Bertz CT molecular complexity index is 713. The highest BCUT2D eigenvalue weighted by Crippen LogP contribution is 2.26. The molecule has 0 amide bonds. The van der Waals surface area contributed by atoms with E-state index in [-0.39, 0.29) is 16.9 Å². The Kier molecular flexibility index (Phi) is 5.40. The molecule has 0 aliphatic carbocycles. The molecule has 1 aromatic heterocycles. The second kappa shape index (κ2) is 6.89. The molecule has 0 fully saturated rings. The topological polar surface area (TPSA) is 55.4 Å². The average Bonchev–Trinajstić information content (AvgIpc) is 2.89. The number of rotatable bonds is 6. The van der Waals surface area contributed by atoms with E-state index >= 15 is 0 Å². The van der Waals surface area contributed by atoms with E-state index in [9.17, 15) is 8.42 Å². The minimum absolute atomic E-state index is 0.166. The van der Waals surface area contributed by atoms with Gasteiger partial charge in [-0.05, 0) is 30.2 Å². The Morgan fingerprint density at radius 2 is 2.00 bits per heavy atom. The second-order valence-electron chi connectivity index (χ2n) is 4.49. The lowest BCUT2D eigenvalue weighted by Gasteiger charge is -2.18. The van der Waals surface area contributed by atoms with Crippen molar-refractivity contribution in [3.8, 4) is 0 Å². The van der Waals surface area contributed by atoms with Crippen LogP contribution in [0.3, 0.4) is 0 Å². The van der Waals surface area contributed by atoms with Gasteiger partial charge in [-0.2, -0.15) is 0 Å². The molecule has 1 heterocycles. The minimum Gasteiger partial charge on any atom is -0.375 e. The van der Waals surface area contributed by atoms with Crippen molar-refractivity contribution in [2.45, 2.75) is 17.2 Å². The molecule has 7 heteroatoms. The van der Waals surface area contributed by atoms with Crippen molar-refractivity contribution in [2.24, 2.45) is 0 Å². The van der Waals surface area contributed by atoms with E-state index in [4.69, 9.17) is 16.3 Å². The van der Waals surface area contributed by atoms with Gasteiger partial charge >= 0.3 is 0 Å². The zero-order valence-corrected chi connectivity index (χ0v) is 14.1. The molecule has 0 bridgehead atoms. The number of nitrogens with one attached hydrogen (secondary N) is 1. The van der Waals surface area contributed by atoms with E-state index in [1.807, 2.05) is 31.2 Å². The minimum atomic E-state index is -3.56. The first-order valence-corrected chi connectivity index (χ1v) is 8.95. The lowest BCUT2D eigenvalue weighted by molar-refractivity contribution is 0.107. The Hall–Kier alpha value is -0.920. The van der Waals surface area contributed by atoms with Gasteiger partial charge in [0.15, 0.2) is 0 Å². The third-order valence-electron chi connectivity index (χ3n) is 3.09. The molecular weight excluding hydrogens is 330 g/mol. The Balaban J connectivity index is 2.12. The molecule has 0 aliphatic heterocycles. The van der Waals surface area contributed by atoms with Gasteiger partial charge in [0.05, 0.1) is 10.4 Å². The van der Waals surface area contributed by atoms with Crippen LogP contribution in [0.2, 0.25) is 4.34 Å². The number of ether oxygens (including phenoxy) is 1. The predicted octanol–water partition coefficient (Wildman–Crippen LogP) is 3.38. The van der Waals surface area contributed by atoms with Crippen LogP contribution in [0.25, 0.3) is 0 Å². The summed E-state index contributed by atoms with van der Waals surface area (Å²) in [6.07, 6.45) is -0.337. The third-order valence-corrected chi connectivity index (χ3v) is 6.24. The van der Waals surface area contributed by atoms with E-state index in [0.29, 0.717) is 4.34 Å². The number of hydrogen-bond donors (Lipinski definition) is 1. The molecule has 0 saturated carbocycles. The van der Waals surface area contributed by atoms with Gasteiger partial charge < -0.3 is 4.74 Å². The molecule has 0 spiro atoms. The maximum absolute atomic E-state index is 12.2. The van der Waals surface area contributed by atoms with Gasteiger partial charge in [0.2, 0.25) is 10.0 Å². The van der Waals surface area contributed by atoms with E-state index in [2.05, 4.69) is 4.72 Å². The number of thiophene rings is 1. The summed E-state index contributed by atoms with van der Waals surface area (Å²) in [7, 11) is -2.00. The molecule has 0 radical (unpaired) electrons. The lowest BCUT2D eigenvalue weighted by atomic mass is 10.0. The molecule has 2 rings (SSSR count). The molecule has 0 saturated heterocycles. The first-order valence-electron chi connectivity index (χ1n) is 6.27. The summed E-state index contributed by atoms with van der Waals surface area (Å²) in [5.41, 5.74) is 2.02. The number of benzene rings is 1. The van der Waals surface area contributed by atoms with Crippen LogP contribution in [0.15, 0.2) is 40.6 Å². The van der Waals surface area contributed by atoms with Crippen molar-refractivity contribution in [1.29, 1.82) is 0 Å². The molecule has 4 nitrogen and oxygen atoms in total. The standard InChI is InChI=1S/C14H16ClNO3S2/c1-10-5-3-4-6-11(10)12(19-2)9-16-21(17,18)14-8-7-13(15)20-14/h3-8,12,16H,9H2,1-2H3. The second-order valence-corrected chi connectivity index (χ2v) is 8.20. The van der Waals surface area contributed by atoms with Crippen molar-refractivity contribution < 1.29 is 13.2 Å². The van der Waals surface area contributed by atoms with Gasteiger partial charge in [0.1, 0.15) is 4.21 Å². The van der Waals surface area contributed by atoms with Crippen LogP contribution in [0.4, 0.5) is 0 Å². The first-order chi connectivity index (χ1) is 9.94. The number of sulfonamides is 1. The fourth-order valence-corrected chi connectivity index (χ4v) is 4.53. The summed E-state index contributed by atoms with van der Waals surface area (Å²) >= 11 is 6.80. The van der Waals surface area contributed by atoms with Crippen LogP contribution in [0.5, 0.6) is 0 Å². The Morgan fingerprint density at radius 1 is 1.29 bits per heavy atom. The molecular formula is C14H16ClNO3S2. The number of aryl methyl sites for hydroxylation is 1. The van der Waals surface area contributed by atoms with Crippen molar-refractivity contribution in [3.05, 3.63) is 51.9 Å². The van der Waals surface area contributed by atoms with Gasteiger partial charge in [0, 0.05) is 13.7 Å². The van der Waals surface area contributed by atoms with Crippen LogP contribution in [-0.4, -0.2) is 22.1 Å². The van der Waals surface area contributed by atoms with Crippen molar-refractivity contribution in [2.75, 3.05) is 13.7 Å². The fourth-order valence-electron chi connectivity index (χ4n) is 1.97. The zero-order valence-electron chi connectivity index (χ0n) is 11.7. The highest BCUT2D eigenvalue weighted by Gasteiger charge is 2.20. The van der Waals surface area contributed by atoms with Gasteiger partial charge in [-0.15, -0.1) is 11.3 Å². The molecule has 2 aromatic rings. The molecule has 1 unspecified atom stereocenters. The van der Waals surface area contributed by atoms with Crippen LogP contribution in [0.1, 0.15) is 17.2 Å². The van der Waals surface area contributed by atoms with Crippen molar-refractivity contribution in [1.82, 2.24) is 4.72 Å². The largest absolute Gasteiger partial charge is 0.375 e. The van der Waals surface area contributed by atoms with Gasteiger partial charge in [-0.25, -0.2) is 13.1 Å². The summed E-state index contributed by atoms with van der Waals surface area (Å²) in [4.78, 5) is 0. The quantitative estimate of drug-likeness (QED) is 0.873. The van der Waals surface area contributed by atoms with E-state index in [1.165, 1.54) is 6.07 Å². The number of hydrogen-bond acceptors (Lipinski definition) is 4. The van der Waals surface area contributed by atoms with Crippen LogP contribution in [0, 0.1) is 6.92 Å². The smallest absolute Gasteiger partial charge is 0.250 e. The molecule has 114 valence electrons. The maximum Gasteiger partial charge on any atom is 0.250 e. The monoisotopic (exact) mass is 345 g/mol. The lowest BCUT2D eigenvalue weighted by Crippen LogP contribution is -2.29. The number of halogens is 1. The highest BCUT2D eigenvalue weighted by molar-refractivity contribution is 7.91. The summed E-state index contributed by atoms with van der Waals surface area (Å²) in [5, 5.41) is 0. The Morgan fingerprint density at radius 3 is 2.57 bits per heavy atom. The van der Waals surface area contributed by atoms with E-state index in [0.717, 1.165) is 22.5 Å². The summed E-state index contributed by atoms with van der Waals surface area (Å²) in [6.45, 7) is 2.13. The summed E-state index contributed by atoms with van der Waals surface area (Å²) in [5.74, 6) is 0. The van der Waals surface area contributed by atoms with Gasteiger partial charge in [-0.3, -0.25) is 0 Å². The van der Waals surface area contributed by atoms with E-state index in [1.54, 1.807) is 13.2 Å². The molecule has 1 N–H and O–H groups in total. The summed E-state index contributed by atoms with van der Waals surface area (Å²) < 4.78 is 32.9. The average molecular weight is 346 g/mol. The maximum atomic E-state index is 12.2. The van der Waals surface area contributed by atoms with Crippen molar-refractivity contribution in [3.63, 3.8) is 0 Å². The normalized spacial score (nSPS) is 13.3. The van der Waals surface area contributed by atoms with Crippen LogP contribution in [-0.2, 0) is 14.8 Å². The third kappa shape index (κ3) is 4.05. The molecule has 1 aromatic carbocycles. The van der Waals surface area contributed by atoms with Crippen LogP contribution >= 0.6 is 22.9 Å². The SMILES string of the molecule is COC(CNS(=O)(=O)c1ccc(Cl)s1)c1ccccc1C. The predicted molar refractivity (Wildman–Crippen MR) is 85.4 cm³/mol. The molecule has 0 aliphatic rings. The fraction of sp³-hybridized carbons (Fsp3) is 0.286. The summed E-state index contributed by atoms with van der Waals surface area (Å²) in [6, 6.07) is 10.8. The zero-order chi connectivity index (χ0) is 15.5.